The minimum Gasteiger partial charge on any atom is -0.393 e. The highest BCUT2D eigenvalue weighted by atomic mass is 32.2. The van der Waals surface area contributed by atoms with E-state index < -0.39 is 15.6 Å². The van der Waals surface area contributed by atoms with E-state index in [2.05, 4.69) is 31.6 Å². The number of nitrogens with zero attached hydrogens (tertiary/aromatic N) is 1. The Balaban J connectivity index is 1.17. The van der Waals surface area contributed by atoms with E-state index in [1.54, 1.807) is 5.57 Å². The van der Waals surface area contributed by atoms with Gasteiger partial charge in [-0.15, -0.1) is 0 Å². The fourth-order valence-electron chi connectivity index (χ4n) is 10.1. The highest BCUT2D eigenvalue weighted by molar-refractivity contribution is 7.88. The Morgan fingerprint density at radius 3 is 2.47 bits per heavy atom. The Hall–Kier alpha value is -0.920. The molecule has 0 radical (unpaired) electrons. The molecule has 0 aromatic rings. The molecular weight excluding hydrogens is 496 g/mol. The van der Waals surface area contributed by atoms with Crippen LogP contribution in [0.4, 0.5) is 0 Å². The molecule has 1 heterocycles. The predicted octanol–water partition coefficient (Wildman–Crippen LogP) is 5.27. The number of sulfonamides is 1. The zero-order valence-corrected chi connectivity index (χ0v) is 25.3. The minimum atomic E-state index is -3.25. The van der Waals surface area contributed by atoms with E-state index in [-0.39, 0.29) is 12.0 Å². The zero-order valence-electron chi connectivity index (χ0n) is 24.5. The van der Waals surface area contributed by atoms with E-state index in [0.717, 1.165) is 43.4 Å². The second kappa shape index (κ2) is 10.2. The largest absolute Gasteiger partial charge is 0.393 e. The number of fused-ring (bicyclic) bond motifs is 5. The third-order valence-corrected chi connectivity index (χ3v) is 13.2. The van der Waals surface area contributed by atoms with Gasteiger partial charge in [-0.25, -0.2) is 13.1 Å². The Bertz CT molecular complexity index is 1050. The molecule has 5 aliphatic rings. The first-order valence-corrected chi connectivity index (χ1v) is 17.3. The summed E-state index contributed by atoms with van der Waals surface area (Å²) in [5.41, 5.74) is 1.77. The summed E-state index contributed by atoms with van der Waals surface area (Å²) < 4.78 is 26.2. The van der Waals surface area contributed by atoms with Crippen molar-refractivity contribution in [1.29, 1.82) is 0 Å². The predicted molar refractivity (Wildman–Crippen MR) is 152 cm³/mol. The number of nitrogens with one attached hydrogen (secondary N) is 1. The minimum absolute atomic E-state index is 0.141. The molecule has 1 saturated heterocycles. The van der Waals surface area contributed by atoms with E-state index in [1.807, 2.05) is 11.8 Å². The maximum Gasteiger partial charge on any atom is 0.222 e. The molecule has 1 amide bonds. The molecule has 5 rings (SSSR count). The van der Waals surface area contributed by atoms with Crippen molar-refractivity contribution in [3.05, 3.63) is 11.6 Å². The van der Waals surface area contributed by atoms with Crippen LogP contribution < -0.4 is 4.72 Å². The fraction of sp³-hybridized carbons (Fsp3) is 0.903. The van der Waals surface area contributed by atoms with Crippen molar-refractivity contribution in [3.63, 3.8) is 0 Å². The van der Waals surface area contributed by atoms with Crippen LogP contribution in [0.3, 0.4) is 0 Å². The number of aliphatic hydroxyl groups excluding tert-OH is 1. The molecule has 8 atom stereocenters. The third kappa shape index (κ3) is 5.25. The number of aliphatic hydroxyl groups is 1. The molecule has 6 nitrogen and oxygen atoms in total. The lowest BCUT2D eigenvalue weighted by molar-refractivity contribution is -0.133. The van der Waals surface area contributed by atoms with Crippen molar-refractivity contribution in [2.75, 3.05) is 19.3 Å². The first-order chi connectivity index (χ1) is 17.7. The van der Waals surface area contributed by atoms with Gasteiger partial charge in [-0.05, 0) is 118 Å². The van der Waals surface area contributed by atoms with E-state index in [9.17, 15) is 18.3 Å². The van der Waals surface area contributed by atoms with Crippen LogP contribution in [-0.4, -0.2) is 55.3 Å². The van der Waals surface area contributed by atoms with Gasteiger partial charge in [-0.2, -0.15) is 0 Å². The van der Waals surface area contributed by atoms with Crippen molar-refractivity contribution in [3.8, 4) is 0 Å². The molecule has 7 heteroatoms. The Morgan fingerprint density at radius 2 is 1.79 bits per heavy atom. The highest BCUT2D eigenvalue weighted by Crippen LogP contribution is 2.67. The van der Waals surface area contributed by atoms with Crippen molar-refractivity contribution in [1.82, 2.24) is 9.62 Å². The number of carbonyl (C=O) groups excluding carboxylic acids is 1. The number of carbonyl (C=O) groups is 1. The molecule has 0 spiro atoms. The summed E-state index contributed by atoms with van der Waals surface area (Å²) >= 11 is 0. The highest BCUT2D eigenvalue weighted by Gasteiger charge is 2.59. The molecule has 2 N–H and O–H groups in total. The molecular formula is C31H52N2O4S. The zero-order chi connectivity index (χ0) is 27.5. The summed E-state index contributed by atoms with van der Waals surface area (Å²) in [6.07, 6.45) is 15.9. The summed E-state index contributed by atoms with van der Waals surface area (Å²) in [5.74, 6) is 3.80. The molecule has 216 valence electrons. The maximum absolute atomic E-state index is 13.1. The number of likely N-dealkylation sites (tertiary alicyclic amines) is 1. The van der Waals surface area contributed by atoms with Gasteiger partial charge in [0.2, 0.25) is 15.9 Å². The van der Waals surface area contributed by atoms with Gasteiger partial charge in [-0.3, -0.25) is 4.79 Å². The standard InChI is InChI=1S/C31H52N2O4S/c1-21(6-11-28(35)33-18-16-29(2,17-19-33)32-38(5,36)37)25-9-10-26-24-8-7-22-20-23(34)12-14-30(22,3)27(24)13-15-31(25,26)4/h7,21,23-27,32,34H,6,8-20H2,1-5H3/t21-,23+,24+,25-,26+,27+,30+,31-/m1/s1. The Morgan fingerprint density at radius 1 is 1.08 bits per heavy atom. The van der Waals surface area contributed by atoms with Crippen LogP contribution in [0.2, 0.25) is 0 Å². The van der Waals surface area contributed by atoms with Crippen LogP contribution in [0.1, 0.15) is 105 Å². The molecule has 0 bridgehead atoms. The molecule has 38 heavy (non-hydrogen) atoms. The van der Waals surface area contributed by atoms with Crippen molar-refractivity contribution in [2.45, 2.75) is 116 Å². The maximum atomic E-state index is 13.1. The third-order valence-electron chi connectivity index (χ3n) is 12.3. The van der Waals surface area contributed by atoms with Gasteiger partial charge >= 0.3 is 0 Å². The SMILES string of the molecule is C[C@H](CCC(=O)N1CCC(C)(NS(C)(=O)=O)CC1)[C@H]1CC[C@H]2[C@@H]3CC=C4C[C@@H](O)CC[C@]4(C)[C@H]3CC[C@]12C. The van der Waals surface area contributed by atoms with Gasteiger partial charge in [-0.1, -0.05) is 32.4 Å². The normalized spacial score (nSPS) is 41.5. The molecule has 0 aromatic carbocycles. The van der Waals surface area contributed by atoms with Crippen molar-refractivity contribution in [2.24, 2.45) is 40.4 Å². The van der Waals surface area contributed by atoms with Gasteiger partial charge < -0.3 is 10.0 Å². The number of amides is 1. The van der Waals surface area contributed by atoms with Gasteiger partial charge in [0.15, 0.2) is 0 Å². The Kier molecular flexibility index (Phi) is 7.65. The van der Waals surface area contributed by atoms with E-state index in [1.165, 1.54) is 38.4 Å². The van der Waals surface area contributed by atoms with Crippen molar-refractivity contribution < 1.29 is 18.3 Å². The summed E-state index contributed by atoms with van der Waals surface area (Å²) in [6.45, 7) is 10.7. The first kappa shape index (κ1) is 28.6. The van der Waals surface area contributed by atoms with Crippen LogP contribution in [-0.2, 0) is 14.8 Å². The molecule has 1 aliphatic heterocycles. The molecule has 3 saturated carbocycles. The fourth-order valence-corrected chi connectivity index (χ4v) is 11.2. The number of rotatable bonds is 6. The van der Waals surface area contributed by atoms with Gasteiger partial charge in [0.25, 0.3) is 0 Å². The lowest BCUT2D eigenvalue weighted by Gasteiger charge is -2.58. The molecule has 4 aliphatic carbocycles. The van der Waals surface area contributed by atoms with Crippen LogP contribution in [0.5, 0.6) is 0 Å². The monoisotopic (exact) mass is 548 g/mol. The summed E-state index contributed by atoms with van der Waals surface area (Å²) in [7, 11) is -3.25. The number of piperidine rings is 1. The van der Waals surface area contributed by atoms with Crippen LogP contribution >= 0.6 is 0 Å². The molecule has 0 unspecified atom stereocenters. The van der Waals surface area contributed by atoms with Crippen molar-refractivity contribution >= 4 is 15.9 Å². The topological polar surface area (TPSA) is 86.7 Å². The second-order valence-corrected chi connectivity index (χ2v) is 16.5. The molecule has 4 fully saturated rings. The van der Waals surface area contributed by atoms with E-state index in [4.69, 9.17) is 0 Å². The van der Waals surface area contributed by atoms with Gasteiger partial charge in [0, 0.05) is 25.0 Å². The first-order valence-electron chi connectivity index (χ1n) is 15.4. The smallest absolute Gasteiger partial charge is 0.222 e. The van der Waals surface area contributed by atoms with Gasteiger partial charge in [0.05, 0.1) is 12.4 Å². The lowest BCUT2D eigenvalue weighted by atomic mass is 9.47. The van der Waals surface area contributed by atoms with Crippen LogP contribution in [0, 0.1) is 40.4 Å². The van der Waals surface area contributed by atoms with Gasteiger partial charge in [0.1, 0.15) is 0 Å². The number of allylic oxidation sites excluding steroid dienone is 1. The summed E-state index contributed by atoms with van der Waals surface area (Å²) in [6, 6.07) is 0. The summed E-state index contributed by atoms with van der Waals surface area (Å²) in [4.78, 5) is 15.1. The average Bonchev–Trinajstić information content (AvgIpc) is 3.19. The Labute approximate surface area is 231 Å². The second-order valence-electron chi connectivity index (χ2n) is 14.7. The van der Waals surface area contributed by atoms with E-state index in [0.29, 0.717) is 55.0 Å². The van der Waals surface area contributed by atoms with Crippen LogP contribution in [0.25, 0.3) is 0 Å². The number of hydrogen-bond acceptors (Lipinski definition) is 4. The lowest BCUT2D eigenvalue weighted by Crippen LogP contribution is -2.54. The summed E-state index contributed by atoms with van der Waals surface area (Å²) in [5, 5.41) is 10.3. The molecule has 0 aromatic heterocycles. The average molecular weight is 549 g/mol. The van der Waals surface area contributed by atoms with Crippen LogP contribution in [0.15, 0.2) is 11.6 Å². The quantitative estimate of drug-likeness (QED) is 0.443. The number of hydrogen-bond donors (Lipinski definition) is 2. The van der Waals surface area contributed by atoms with E-state index >= 15 is 0 Å².